The maximum Gasteiger partial charge on any atom is 0.264 e. The van der Waals surface area contributed by atoms with Gasteiger partial charge < -0.3 is 15.0 Å². The summed E-state index contributed by atoms with van der Waals surface area (Å²) in [5.74, 6) is -0.892. The number of halogens is 2. The van der Waals surface area contributed by atoms with Crippen LogP contribution in [0.15, 0.2) is 108 Å². The lowest BCUT2D eigenvalue weighted by Crippen LogP contribution is -2.55. The monoisotopic (exact) mass is 691 g/mol. The van der Waals surface area contributed by atoms with E-state index in [0.29, 0.717) is 16.3 Å². The Morgan fingerprint density at radius 3 is 2.15 bits per heavy atom. The van der Waals surface area contributed by atoms with Crippen molar-refractivity contribution in [1.29, 1.82) is 0 Å². The van der Waals surface area contributed by atoms with Crippen LogP contribution in [0.25, 0.3) is 0 Å². The number of anilines is 1. The molecule has 0 bridgehead atoms. The fourth-order valence-corrected chi connectivity index (χ4v) is 7.44. The summed E-state index contributed by atoms with van der Waals surface area (Å²) in [6, 6.07) is 26.1. The van der Waals surface area contributed by atoms with Gasteiger partial charge in [0.25, 0.3) is 10.0 Å². The zero-order chi connectivity index (χ0) is 34.1. The highest BCUT2D eigenvalue weighted by molar-refractivity contribution is 7.92. The van der Waals surface area contributed by atoms with Gasteiger partial charge in [-0.2, -0.15) is 0 Å². The van der Waals surface area contributed by atoms with Gasteiger partial charge >= 0.3 is 0 Å². The van der Waals surface area contributed by atoms with Gasteiger partial charge in [0.2, 0.25) is 11.8 Å². The summed E-state index contributed by atoms with van der Waals surface area (Å²) in [4.78, 5) is 30.1. The molecule has 1 N–H and O–H groups in total. The summed E-state index contributed by atoms with van der Waals surface area (Å²) in [5.41, 5.74) is 1.64. The molecule has 1 saturated carbocycles. The maximum absolute atomic E-state index is 14.6. The molecular weight excluding hydrogens is 653 g/mol. The van der Waals surface area contributed by atoms with Crippen LogP contribution < -0.4 is 14.4 Å². The summed E-state index contributed by atoms with van der Waals surface area (Å²) < 4.78 is 48.5. The van der Waals surface area contributed by atoms with Crippen LogP contribution >= 0.6 is 11.6 Å². The molecule has 0 heterocycles. The second kappa shape index (κ2) is 16.1. The Kier molecular flexibility index (Phi) is 11.7. The highest BCUT2D eigenvalue weighted by Crippen LogP contribution is 2.28. The molecule has 0 saturated heterocycles. The first kappa shape index (κ1) is 34.9. The average molecular weight is 692 g/mol. The van der Waals surface area contributed by atoms with Crippen molar-refractivity contribution in [3.05, 3.63) is 125 Å². The number of sulfonamides is 1. The van der Waals surface area contributed by atoms with E-state index >= 15 is 0 Å². The third-order valence-electron chi connectivity index (χ3n) is 8.53. The van der Waals surface area contributed by atoms with Gasteiger partial charge in [-0.3, -0.25) is 13.9 Å². The molecule has 252 valence electrons. The number of ether oxygens (including phenoxy) is 1. The fraction of sp³-hybridized carbons (Fsp3) is 0.297. The quantitative estimate of drug-likeness (QED) is 0.167. The third kappa shape index (κ3) is 8.93. The van der Waals surface area contributed by atoms with Crippen molar-refractivity contribution in [3.8, 4) is 5.75 Å². The molecule has 4 aromatic carbocycles. The van der Waals surface area contributed by atoms with Crippen LogP contribution in [0.3, 0.4) is 0 Å². The molecule has 0 radical (unpaired) electrons. The molecule has 1 aliphatic rings. The van der Waals surface area contributed by atoms with Gasteiger partial charge in [0.1, 0.15) is 24.2 Å². The van der Waals surface area contributed by atoms with Crippen LogP contribution in [0.2, 0.25) is 5.02 Å². The normalized spacial score (nSPS) is 14.1. The summed E-state index contributed by atoms with van der Waals surface area (Å²) in [6.45, 7) is -0.662. The third-order valence-corrected chi connectivity index (χ3v) is 10.6. The van der Waals surface area contributed by atoms with Crippen molar-refractivity contribution < 1.29 is 27.1 Å². The minimum absolute atomic E-state index is 0.0201. The molecule has 1 aliphatic carbocycles. The number of hydrogen-bond donors (Lipinski definition) is 1. The van der Waals surface area contributed by atoms with E-state index in [2.05, 4.69) is 5.32 Å². The van der Waals surface area contributed by atoms with Crippen LogP contribution in [-0.2, 0) is 32.6 Å². The number of benzene rings is 4. The lowest BCUT2D eigenvalue weighted by Gasteiger charge is -2.35. The van der Waals surface area contributed by atoms with E-state index < -0.39 is 34.3 Å². The first-order valence-electron chi connectivity index (χ1n) is 15.9. The SMILES string of the molecule is COc1ccc(S(=O)(=O)N(CC(=O)N(Cc2ccc(F)cc2)[C@@H](Cc2ccccc2)C(=O)NC2CCCCC2)c2ccc(Cl)cc2)cc1. The van der Waals surface area contributed by atoms with E-state index in [0.717, 1.165) is 42.0 Å². The first-order valence-corrected chi connectivity index (χ1v) is 17.8. The molecule has 48 heavy (non-hydrogen) atoms. The molecule has 2 amide bonds. The minimum atomic E-state index is -4.29. The van der Waals surface area contributed by atoms with E-state index in [1.54, 1.807) is 24.3 Å². The Hall–Kier alpha value is -4.41. The highest BCUT2D eigenvalue weighted by Gasteiger charge is 2.35. The molecule has 8 nitrogen and oxygen atoms in total. The molecule has 0 aliphatic heterocycles. The van der Waals surface area contributed by atoms with Crippen molar-refractivity contribution in [1.82, 2.24) is 10.2 Å². The lowest BCUT2D eigenvalue weighted by molar-refractivity contribution is -0.140. The standard InChI is InChI=1S/C37H39ClFN3O5S/c1-47-33-20-22-34(23-21-33)48(45,46)42(32-18-14-29(38)15-19-32)26-36(43)41(25-28-12-16-30(39)17-13-28)35(24-27-8-4-2-5-9-27)37(44)40-31-10-6-3-7-11-31/h2,4-5,8-9,12-23,31,35H,3,6-7,10-11,24-26H2,1H3,(H,40,44)/t35-/m0/s1. The van der Waals surface area contributed by atoms with Crippen molar-refractivity contribution in [3.63, 3.8) is 0 Å². The summed E-state index contributed by atoms with van der Waals surface area (Å²) in [5, 5.41) is 3.57. The van der Waals surface area contributed by atoms with E-state index in [4.69, 9.17) is 16.3 Å². The number of nitrogens with zero attached hydrogens (tertiary/aromatic N) is 2. The Morgan fingerprint density at radius 2 is 1.52 bits per heavy atom. The Bertz CT molecular complexity index is 1770. The topological polar surface area (TPSA) is 96.0 Å². The number of methoxy groups -OCH3 is 1. The first-order chi connectivity index (χ1) is 23.1. The van der Waals surface area contributed by atoms with E-state index in [1.807, 2.05) is 30.3 Å². The molecule has 0 spiro atoms. The predicted octanol–water partition coefficient (Wildman–Crippen LogP) is 6.77. The number of nitrogens with one attached hydrogen (secondary N) is 1. The molecule has 11 heteroatoms. The molecule has 0 unspecified atom stereocenters. The number of hydrogen-bond acceptors (Lipinski definition) is 5. The average Bonchev–Trinajstić information content (AvgIpc) is 3.10. The minimum Gasteiger partial charge on any atom is -0.497 e. The van der Waals surface area contributed by atoms with Gasteiger partial charge in [-0.25, -0.2) is 12.8 Å². The fourth-order valence-electron chi connectivity index (χ4n) is 5.90. The van der Waals surface area contributed by atoms with Crippen molar-refractivity contribution in [2.45, 2.75) is 62.0 Å². The summed E-state index contributed by atoms with van der Waals surface area (Å²) >= 11 is 6.14. The largest absolute Gasteiger partial charge is 0.497 e. The van der Waals surface area contributed by atoms with E-state index in [-0.39, 0.29) is 35.5 Å². The molecule has 4 aromatic rings. The lowest BCUT2D eigenvalue weighted by atomic mass is 9.94. The van der Waals surface area contributed by atoms with Crippen molar-refractivity contribution >= 4 is 39.1 Å². The van der Waals surface area contributed by atoms with Gasteiger partial charge in [-0.1, -0.05) is 73.3 Å². The predicted molar refractivity (Wildman–Crippen MR) is 185 cm³/mol. The van der Waals surface area contributed by atoms with Crippen LogP contribution in [0, 0.1) is 5.82 Å². The second-order valence-corrected chi connectivity index (χ2v) is 14.2. The van der Waals surface area contributed by atoms with Gasteiger partial charge in [0.15, 0.2) is 0 Å². The molecule has 5 rings (SSSR count). The van der Waals surface area contributed by atoms with Gasteiger partial charge in [-0.15, -0.1) is 0 Å². The highest BCUT2D eigenvalue weighted by atomic mass is 35.5. The maximum atomic E-state index is 14.6. The number of carbonyl (C=O) groups excluding carboxylic acids is 2. The Labute approximate surface area is 286 Å². The number of carbonyl (C=O) groups is 2. The summed E-state index contributed by atoms with van der Waals surface area (Å²) in [6.07, 6.45) is 5.01. The zero-order valence-corrected chi connectivity index (χ0v) is 28.3. The molecule has 1 atom stereocenters. The molecule has 0 aromatic heterocycles. The smallest absolute Gasteiger partial charge is 0.264 e. The Morgan fingerprint density at radius 1 is 0.875 bits per heavy atom. The van der Waals surface area contributed by atoms with Crippen LogP contribution in [0.1, 0.15) is 43.2 Å². The van der Waals surface area contributed by atoms with E-state index in [9.17, 15) is 22.4 Å². The van der Waals surface area contributed by atoms with Gasteiger partial charge in [0, 0.05) is 24.0 Å². The molecular formula is C37H39ClFN3O5S. The van der Waals surface area contributed by atoms with Gasteiger partial charge in [-0.05, 0) is 84.6 Å². The van der Waals surface area contributed by atoms with Crippen LogP contribution in [-0.4, -0.2) is 50.9 Å². The van der Waals surface area contributed by atoms with Crippen molar-refractivity contribution in [2.75, 3.05) is 18.0 Å². The molecule has 1 fully saturated rings. The van der Waals surface area contributed by atoms with Gasteiger partial charge in [0.05, 0.1) is 17.7 Å². The Balaban J connectivity index is 1.55. The summed E-state index contributed by atoms with van der Waals surface area (Å²) in [7, 11) is -2.81. The van der Waals surface area contributed by atoms with Crippen LogP contribution in [0.5, 0.6) is 5.75 Å². The second-order valence-electron chi connectivity index (χ2n) is 11.9. The number of amides is 2. The van der Waals surface area contributed by atoms with E-state index in [1.165, 1.54) is 60.5 Å². The zero-order valence-electron chi connectivity index (χ0n) is 26.7. The number of rotatable bonds is 13. The van der Waals surface area contributed by atoms with Crippen molar-refractivity contribution in [2.24, 2.45) is 0 Å². The van der Waals surface area contributed by atoms with Crippen LogP contribution in [0.4, 0.5) is 10.1 Å².